The third kappa shape index (κ3) is 2.09. The van der Waals surface area contributed by atoms with Crippen molar-refractivity contribution in [1.82, 2.24) is 15.2 Å². The van der Waals surface area contributed by atoms with Gasteiger partial charge in [0.05, 0.1) is 13.2 Å². The number of ether oxygens (including phenoxy) is 1. The second kappa shape index (κ2) is 4.42. The minimum atomic E-state index is -0.292. The molecule has 1 heterocycles. The maximum absolute atomic E-state index is 6.16. The quantitative estimate of drug-likeness (QED) is 0.858. The molecule has 0 radical (unpaired) electrons. The molecular formula is C13H16N4O. The molecule has 5 nitrogen and oxygen atoms in total. The lowest BCUT2D eigenvalue weighted by atomic mass is 10.1. The largest absolute Gasteiger partial charge is 0.497 e. The van der Waals surface area contributed by atoms with Crippen LogP contribution in [0.2, 0.25) is 0 Å². The normalized spacial score (nSPS) is 16.6. The third-order valence-electron chi connectivity index (χ3n) is 3.24. The summed E-state index contributed by atoms with van der Waals surface area (Å²) in [6.45, 7) is 0. The molecule has 1 fully saturated rings. The van der Waals surface area contributed by atoms with E-state index in [1.54, 1.807) is 7.11 Å². The summed E-state index contributed by atoms with van der Waals surface area (Å²) in [6, 6.07) is 7.38. The van der Waals surface area contributed by atoms with Gasteiger partial charge in [-0.25, -0.2) is 4.98 Å². The number of nitrogens with one attached hydrogen (secondary N) is 1. The molecule has 1 aliphatic rings. The summed E-state index contributed by atoms with van der Waals surface area (Å²) >= 11 is 0. The van der Waals surface area contributed by atoms with Gasteiger partial charge in [0.2, 0.25) is 0 Å². The first-order valence-electron chi connectivity index (χ1n) is 6.09. The highest BCUT2D eigenvalue weighted by molar-refractivity contribution is 5.31. The predicted octanol–water partition coefficient (Wildman–Crippen LogP) is 1.74. The highest BCUT2D eigenvalue weighted by Crippen LogP contribution is 2.38. The van der Waals surface area contributed by atoms with Gasteiger partial charge in [0, 0.05) is 5.92 Å². The van der Waals surface area contributed by atoms with Gasteiger partial charge in [-0.1, -0.05) is 12.1 Å². The Hall–Kier alpha value is -1.88. The van der Waals surface area contributed by atoms with Crippen LogP contribution in [0.3, 0.4) is 0 Å². The third-order valence-corrected chi connectivity index (χ3v) is 3.24. The van der Waals surface area contributed by atoms with Crippen molar-refractivity contribution in [1.29, 1.82) is 0 Å². The predicted molar refractivity (Wildman–Crippen MR) is 67.4 cm³/mol. The van der Waals surface area contributed by atoms with Crippen LogP contribution in [-0.2, 0) is 0 Å². The summed E-state index contributed by atoms with van der Waals surface area (Å²) in [5.74, 6) is 3.00. The fourth-order valence-corrected chi connectivity index (χ4v) is 1.93. The summed E-state index contributed by atoms with van der Waals surface area (Å²) < 4.78 is 5.12. The van der Waals surface area contributed by atoms with Gasteiger partial charge < -0.3 is 10.5 Å². The molecule has 1 unspecified atom stereocenters. The summed E-state index contributed by atoms with van der Waals surface area (Å²) in [7, 11) is 1.64. The zero-order valence-corrected chi connectivity index (χ0v) is 10.3. The lowest BCUT2D eigenvalue weighted by molar-refractivity contribution is 0.414. The number of benzene rings is 1. The fraction of sp³-hybridized carbons (Fsp3) is 0.385. The van der Waals surface area contributed by atoms with Crippen LogP contribution in [0.25, 0.3) is 0 Å². The number of aromatic amines is 1. The van der Waals surface area contributed by atoms with E-state index >= 15 is 0 Å². The number of hydrogen-bond acceptors (Lipinski definition) is 4. The second-order valence-electron chi connectivity index (χ2n) is 4.60. The molecule has 94 valence electrons. The Morgan fingerprint density at radius 1 is 1.33 bits per heavy atom. The van der Waals surface area contributed by atoms with Gasteiger partial charge in [0.1, 0.15) is 11.6 Å². The van der Waals surface area contributed by atoms with Crippen molar-refractivity contribution < 1.29 is 4.74 Å². The second-order valence-corrected chi connectivity index (χ2v) is 4.60. The van der Waals surface area contributed by atoms with E-state index in [2.05, 4.69) is 15.2 Å². The molecule has 0 saturated heterocycles. The molecule has 0 amide bonds. The standard InChI is InChI=1S/C13H16N4O/c1-18-10-6-4-8(5-7-10)11(14)13-15-12(16-17-13)9-2-3-9/h4-7,9,11H,2-3,14H2,1H3,(H,15,16,17). The number of nitrogens with two attached hydrogens (primary N) is 1. The first kappa shape index (κ1) is 11.2. The molecule has 2 aromatic rings. The van der Waals surface area contributed by atoms with E-state index < -0.39 is 0 Å². The molecule has 18 heavy (non-hydrogen) atoms. The molecule has 3 rings (SSSR count). The van der Waals surface area contributed by atoms with Crippen LogP contribution in [0.5, 0.6) is 5.75 Å². The fourth-order valence-electron chi connectivity index (χ4n) is 1.93. The average Bonchev–Trinajstić information content (AvgIpc) is 3.16. The number of aromatic nitrogens is 3. The van der Waals surface area contributed by atoms with Gasteiger partial charge in [-0.3, -0.25) is 5.10 Å². The molecule has 1 saturated carbocycles. The molecule has 1 atom stereocenters. The SMILES string of the molecule is COc1ccc(C(N)c2n[nH]c(C3CC3)n2)cc1. The molecule has 0 aliphatic heterocycles. The van der Waals surface area contributed by atoms with Crippen molar-refractivity contribution in [2.75, 3.05) is 7.11 Å². The van der Waals surface area contributed by atoms with E-state index in [0.29, 0.717) is 11.7 Å². The minimum absolute atomic E-state index is 0.292. The zero-order chi connectivity index (χ0) is 12.5. The van der Waals surface area contributed by atoms with Gasteiger partial charge in [-0.15, -0.1) is 0 Å². The van der Waals surface area contributed by atoms with Crippen molar-refractivity contribution in [3.63, 3.8) is 0 Å². The van der Waals surface area contributed by atoms with E-state index in [9.17, 15) is 0 Å². The van der Waals surface area contributed by atoms with E-state index in [0.717, 1.165) is 17.1 Å². The minimum Gasteiger partial charge on any atom is -0.497 e. The van der Waals surface area contributed by atoms with Gasteiger partial charge in [-0.2, -0.15) is 5.10 Å². The van der Waals surface area contributed by atoms with E-state index in [1.807, 2.05) is 24.3 Å². The molecule has 0 bridgehead atoms. The Labute approximate surface area is 105 Å². The van der Waals surface area contributed by atoms with Gasteiger partial charge in [-0.05, 0) is 30.5 Å². The highest BCUT2D eigenvalue weighted by atomic mass is 16.5. The number of methoxy groups -OCH3 is 1. The maximum atomic E-state index is 6.16. The van der Waals surface area contributed by atoms with Crippen LogP contribution in [0.15, 0.2) is 24.3 Å². The smallest absolute Gasteiger partial charge is 0.171 e. The molecule has 3 N–H and O–H groups in total. The Kier molecular flexibility index (Phi) is 2.76. The number of H-pyrrole nitrogens is 1. The Morgan fingerprint density at radius 3 is 2.67 bits per heavy atom. The lowest BCUT2D eigenvalue weighted by Gasteiger charge is -2.08. The molecule has 1 aromatic carbocycles. The molecule has 0 spiro atoms. The van der Waals surface area contributed by atoms with Crippen molar-refractivity contribution in [3.05, 3.63) is 41.5 Å². The summed E-state index contributed by atoms with van der Waals surface area (Å²) in [6.07, 6.45) is 2.40. The first-order valence-corrected chi connectivity index (χ1v) is 6.09. The number of rotatable bonds is 4. The van der Waals surface area contributed by atoms with Crippen molar-refractivity contribution >= 4 is 0 Å². The van der Waals surface area contributed by atoms with E-state index in [4.69, 9.17) is 10.5 Å². The Morgan fingerprint density at radius 2 is 2.06 bits per heavy atom. The summed E-state index contributed by atoms with van der Waals surface area (Å²) in [5.41, 5.74) is 7.14. The first-order chi connectivity index (χ1) is 8.78. The van der Waals surface area contributed by atoms with Crippen LogP contribution >= 0.6 is 0 Å². The Balaban J connectivity index is 1.80. The van der Waals surface area contributed by atoms with Gasteiger partial charge in [0.15, 0.2) is 5.82 Å². The Bertz CT molecular complexity index is 530. The molecule has 1 aliphatic carbocycles. The molecule has 1 aromatic heterocycles. The van der Waals surface area contributed by atoms with Crippen LogP contribution in [0, 0.1) is 0 Å². The van der Waals surface area contributed by atoms with E-state index in [-0.39, 0.29) is 6.04 Å². The van der Waals surface area contributed by atoms with Gasteiger partial charge >= 0.3 is 0 Å². The van der Waals surface area contributed by atoms with Crippen LogP contribution in [0.4, 0.5) is 0 Å². The summed E-state index contributed by atoms with van der Waals surface area (Å²) in [5, 5.41) is 7.18. The lowest BCUT2D eigenvalue weighted by Crippen LogP contribution is -2.13. The highest BCUT2D eigenvalue weighted by Gasteiger charge is 2.28. The van der Waals surface area contributed by atoms with Crippen LogP contribution in [-0.4, -0.2) is 22.3 Å². The van der Waals surface area contributed by atoms with Crippen molar-refractivity contribution in [2.45, 2.75) is 24.8 Å². The van der Waals surface area contributed by atoms with Gasteiger partial charge in [0.25, 0.3) is 0 Å². The van der Waals surface area contributed by atoms with Crippen LogP contribution in [0.1, 0.15) is 42.0 Å². The van der Waals surface area contributed by atoms with E-state index in [1.165, 1.54) is 12.8 Å². The zero-order valence-electron chi connectivity index (χ0n) is 10.3. The maximum Gasteiger partial charge on any atom is 0.171 e. The summed E-state index contributed by atoms with van der Waals surface area (Å²) in [4.78, 5) is 4.47. The molecular weight excluding hydrogens is 228 g/mol. The number of hydrogen-bond donors (Lipinski definition) is 2. The monoisotopic (exact) mass is 244 g/mol. The van der Waals surface area contributed by atoms with Crippen molar-refractivity contribution in [3.8, 4) is 5.75 Å². The van der Waals surface area contributed by atoms with Crippen molar-refractivity contribution in [2.24, 2.45) is 5.73 Å². The topological polar surface area (TPSA) is 76.8 Å². The average molecular weight is 244 g/mol. The molecule has 5 heteroatoms. The number of nitrogens with zero attached hydrogens (tertiary/aromatic N) is 2. The van der Waals surface area contributed by atoms with Crippen LogP contribution < -0.4 is 10.5 Å².